The molecule has 0 saturated carbocycles. The molecule has 2 aromatic carbocycles. The van der Waals surface area contributed by atoms with Crippen LogP contribution in [0.1, 0.15) is 27.0 Å². The number of carbonyl (C=O) groups is 1. The van der Waals surface area contributed by atoms with E-state index in [4.69, 9.17) is 5.26 Å². The van der Waals surface area contributed by atoms with Crippen molar-refractivity contribution in [2.75, 3.05) is 0 Å². The van der Waals surface area contributed by atoms with Crippen LogP contribution in [0.25, 0.3) is 0 Å². The van der Waals surface area contributed by atoms with Crippen LogP contribution >= 0.6 is 0 Å². The maximum absolute atomic E-state index is 13.7. The first-order chi connectivity index (χ1) is 10.6. The fourth-order valence-corrected chi connectivity index (χ4v) is 2.00. The van der Waals surface area contributed by atoms with E-state index in [2.05, 4.69) is 5.32 Å². The first-order valence-corrected chi connectivity index (χ1v) is 6.41. The van der Waals surface area contributed by atoms with Gasteiger partial charge in [0.25, 0.3) is 5.91 Å². The molecule has 0 aliphatic carbocycles. The first kappa shape index (κ1) is 15.6. The summed E-state index contributed by atoms with van der Waals surface area (Å²) >= 11 is 0. The number of nitrogens with zero attached hydrogens (tertiary/aromatic N) is 1. The summed E-state index contributed by atoms with van der Waals surface area (Å²) in [7, 11) is 0. The minimum atomic E-state index is -1.09. The van der Waals surface area contributed by atoms with Gasteiger partial charge in [-0.1, -0.05) is 24.3 Å². The summed E-state index contributed by atoms with van der Waals surface area (Å²) in [6, 6.07) is 10.1. The van der Waals surface area contributed by atoms with Crippen LogP contribution in [0.2, 0.25) is 0 Å². The highest BCUT2D eigenvalue weighted by atomic mass is 19.1. The Morgan fingerprint density at radius 3 is 2.32 bits per heavy atom. The Bertz CT molecular complexity index is 731. The summed E-state index contributed by atoms with van der Waals surface area (Å²) in [5.41, 5.74) is 0.328. The van der Waals surface area contributed by atoms with Gasteiger partial charge in [-0.25, -0.2) is 8.78 Å². The molecular weight excluding hydrogens is 290 g/mol. The number of hydrogen-bond donors (Lipinski definition) is 2. The summed E-state index contributed by atoms with van der Waals surface area (Å²) in [4.78, 5) is 11.9. The van der Waals surface area contributed by atoms with Crippen LogP contribution in [-0.2, 0) is 13.2 Å². The molecular formula is C16H12F2N2O2. The number of nitrogens with one attached hydrogen (secondary N) is 1. The minimum absolute atomic E-state index is 0.0223. The second-order valence-corrected chi connectivity index (χ2v) is 4.54. The van der Waals surface area contributed by atoms with Crippen LogP contribution in [0, 0.1) is 23.0 Å². The van der Waals surface area contributed by atoms with Crippen molar-refractivity contribution >= 4 is 5.91 Å². The van der Waals surface area contributed by atoms with Gasteiger partial charge in [-0.15, -0.1) is 0 Å². The van der Waals surface area contributed by atoms with Gasteiger partial charge in [0.15, 0.2) is 0 Å². The molecule has 0 aromatic heterocycles. The predicted octanol–water partition coefficient (Wildman–Crippen LogP) is 2.26. The summed E-state index contributed by atoms with van der Waals surface area (Å²) in [6.07, 6.45) is 0. The summed E-state index contributed by atoms with van der Waals surface area (Å²) in [5, 5.41) is 20.2. The summed E-state index contributed by atoms with van der Waals surface area (Å²) < 4.78 is 27.5. The normalized spacial score (nSPS) is 10.1. The number of rotatable bonds is 4. The van der Waals surface area contributed by atoms with Crippen molar-refractivity contribution in [2.24, 2.45) is 0 Å². The van der Waals surface area contributed by atoms with Crippen LogP contribution in [0.4, 0.5) is 8.78 Å². The molecule has 0 spiro atoms. The number of benzene rings is 2. The predicted molar refractivity (Wildman–Crippen MR) is 74.6 cm³/mol. The van der Waals surface area contributed by atoms with Crippen molar-refractivity contribution in [1.29, 1.82) is 5.26 Å². The number of carbonyl (C=O) groups excluding carboxylic acids is 1. The molecule has 2 N–H and O–H groups in total. The van der Waals surface area contributed by atoms with Crippen molar-refractivity contribution in [3.8, 4) is 6.07 Å². The van der Waals surface area contributed by atoms with Gasteiger partial charge in [-0.3, -0.25) is 4.79 Å². The number of nitriles is 1. The fraction of sp³-hybridized carbons (Fsp3) is 0.125. The fourth-order valence-electron chi connectivity index (χ4n) is 2.00. The third kappa shape index (κ3) is 3.27. The van der Waals surface area contributed by atoms with Crippen LogP contribution in [0.3, 0.4) is 0 Å². The van der Waals surface area contributed by atoms with Crippen molar-refractivity contribution in [2.45, 2.75) is 13.2 Å². The second kappa shape index (κ2) is 6.78. The Morgan fingerprint density at radius 2 is 1.77 bits per heavy atom. The van der Waals surface area contributed by atoms with E-state index >= 15 is 0 Å². The molecule has 6 heteroatoms. The third-order valence-electron chi connectivity index (χ3n) is 3.13. The maximum atomic E-state index is 13.7. The molecule has 0 bridgehead atoms. The van der Waals surface area contributed by atoms with E-state index in [1.807, 2.05) is 0 Å². The topological polar surface area (TPSA) is 73.1 Å². The van der Waals surface area contributed by atoms with E-state index in [1.165, 1.54) is 0 Å². The Hall–Kier alpha value is -2.78. The molecule has 0 fully saturated rings. The van der Waals surface area contributed by atoms with Crippen molar-refractivity contribution in [3.05, 3.63) is 70.3 Å². The molecule has 0 radical (unpaired) electrons. The SMILES string of the molecule is N#Cc1cc(F)c(C(=O)NCc2ccccc2CO)c(F)c1. The smallest absolute Gasteiger partial charge is 0.257 e. The Morgan fingerprint density at radius 1 is 1.18 bits per heavy atom. The molecule has 0 atom stereocenters. The number of aliphatic hydroxyl groups is 1. The van der Waals surface area contributed by atoms with E-state index < -0.39 is 23.1 Å². The average Bonchev–Trinajstić information content (AvgIpc) is 2.52. The van der Waals surface area contributed by atoms with Crippen molar-refractivity contribution in [1.82, 2.24) is 5.32 Å². The van der Waals surface area contributed by atoms with Crippen molar-refractivity contribution < 1.29 is 18.7 Å². The molecule has 0 aliphatic heterocycles. The lowest BCUT2D eigenvalue weighted by atomic mass is 10.1. The Kier molecular flexibility index (Phi) is 4.81. The van der Waals surface area contributed by atoms with Crippen LogP contribution in [-0.4, -0.2) is 11.0 Å². The van der Waals surface area contributed by atoms with E-state index in [9.17, 15) is 18.7 Å². The number of halogens is 2. The van der Waals surface area contributed by atoms with E-state index in [0.717, 1.165) is 12.1 Å². The molecule has 0 aliphatic rings. The maximum Gasteiger partial charge on any atom is 0.257 e. The molecule has 4 nitrogen and oxygen atoms in total. The van der Waals surface area contributed by atoms with Crippen LogP contribution < -0.4 is 5.32 Å². The van der Waals surface area contributed by atoms with E-state index in [0.29, 0.717) is 11.1 Å². The molecule has 2 aromatic rings. The number of hydrogen-bond acceptors (Lipinski definition) is 3. The number of aliphatic hydroxyl groups excluding tert-OH is 1. The third-order valence-corrected chi connectivity index (χ3v) is 3.13. The highest BCUT2D eigenvalue weighted by Crippen LogP contribution is 2.16. The lowest BCUT2D eigenvalue weighted by Gasteiger charge is -2.10. The van der Waals surface area contributed by atoms with Crippen LogP contribution in [0.5, 0.6) is 0 Å². The zero-order chi connectivity index (χ0) is 16.1. The van der Waals surface area contributed by atoms with Crippen LogP contribution in [0.15, 0.2) is 36.4 Å². The van der Waals surface area contributed by atoms with E-state index in [1.54, 1.807) is 30.3 Å². The summed E-state index contributed by atoms with van der Waals surface area (Å²) in [5.74, 6) is -3.11. The molecule has 0 unspecified atom stereocenters. The van der Waals surface area contributed by atoms with Gasteiger partial charge in [0.2, 0.25) is 0 Å². The minimum Gasteiger partial charge on any atom is -0.392 e. The van der Waals surface area contributed by atoms with Gasteiger partial charge < -0.3 is 10.4 Å². The second-order valence-electron chi connectivity index (χ2n) is 4.54. The molecule has 22 heavy (non-hydrogen) atoms. The van der Waals surface area contributed by atoms with Gasteiger partial charge in [-0.2, -0.15) is 5.26 Å². The number of amides is 1. The molecule has 0 saturated heterocycles. The largest absolute Gasteiger partial charge is 0.392 e. The lowest BCUT2D eigenvalue weighted by Crippen LogP contribution is -2.25. The molecule has 0 heterocycles. The lowest BCUT2D eigenvalue weighted by molar-refractivity contribution is 0.0942. The highest BCUT2D eigenvalue weighted by Gasteiger charge is 2.18. The van der Waals surface area contributed by atoms with E-state index in [-0.39, 0.29) is 18.7 Å². The monoisotopic (exact) mass is 302 g/mol. The average molecular weight is 302 g/mol. The zero-order valence-corrected chi connectivity index (χ0v) is 11.4. The molecule has 112 valence electrons. The summed E-state index contributed by atoms with van der Waals surface area (Å²) in [6.45, 7) is -0.180. The van der Waals surface area contributed by atoms with Gasteiger partial charge in [-0.05, 0) is 23.3 Å². The standard InChI is InChI=1S/C16H12F2N2O2/c17-13-5-10(7-19)6-14(18)15(13)16(22)20-8-11-3-1-2-4-12(11)9-21/h1-6,21H,8-9H2,(H,20,22). The van der Waals surface area contributed by atoms with Gasteiger partial charge in [0.1, 0.15) is 17.2 Å². The van der Waals surface area contributed by atoms with Crippen molar-refractivity contribution in [3.63, 3.8) is 0 Å². The van der Waals surface area contributed by atoms with Gasteiger partial charge in [0, 0.05) is 6.54 Å². The molecule has 2 rings (SSSR count). The zero-order valence-electron chi connectivity index (χ0n) is 11.4. The Balaban J connectivity index is 2.18. The van der Waals surface area contributed by atoms with Gasteiger partial charge >= 0.3 is 0 Å². The first-order valence-electron chi connectivity index (χ1n) is 6.41. The highest BCUT2D eigenvalue weighted by molar-refractivity contribution is 5.94. The molecule has 1 amide bonds. The Labute approximate surface area is 125 Å². The quantitative estimate of drug-likeness (QED) is 0.910. The van der Waals surface area contributed by atoms with Gasteiger partial charge in [0.05, 0.1) is 18.2 Å².